The third-order valence-electron chi connectivity index (χ3n) is 3.93. The lowest BCUT2D eigenvalue weighted by atomic mass is 9.91. The first kappa shape index (κ1) is 13.3. The van der Waals surface area contributed by atoms with Gasteiger partial charge in [0.05, 0.1) is 5.75 Å². The van der Waals surface area contributed by atoms with Crippen molar-refractivity contribution in [1.82, 2.24) is 9.62 Å². The van der Waals surface area contributed by atoms with Gasteiger partial charge in [-0.15, -0.1) is 0 Å². The summed E-state index contributed by atoms with van der Waals surface area (Å²) in [5.41, 5.74) is 0. The van der Waals surface area contributed by atoms with Gasteiger partial charge in [0.15, 0.2) is 0 Å². The Morgan fingerprint density at radius 1 is 1.24 bits per heavy atom. The predicted molar refractivity (Wildman–Crippen MR) is 69.4 cm³/mol. The van der Waals surface area contributed by atoms with E-state index in [4.69, 9.17) is 0 Å². The molecule has 4 nitrogen and oxygen atoms in total. The van der Waals surface area contributed by atoms with Gasteiger partial charge in [0.25, 0.3) is 0 Å². The third kappa shape index (κ3) is 3.20. The van der Waals surface area contributed by atoms with Crippen LogP contribution >= 0.6 is 0 Å². The lowest BCUT2D eigenvalue weighted by Gasteiger charge is -2.33. The number of hydrogen-bond acceptors (Lipinski definition) is 3. The van der Waals surface area contributed by atoms with Gasteiger partial charge in [-0.3, -0.25) is 0 Å². The van der Waals surface area contributed by atoms with Crippen LogP contribution in [0.3, 0.4) is 0 Å². The second kappa shape index (κ2) is 5.67. The molecule has 0 amide bonds. The maximum atomic E-state index is 11.8. The van der Waals surface area contributed by atoms with Crippen LogP contribution < -0.4 is 5.32 Å². The second-order valence-corrected chi connectivity index (χ2v) is 7.28. The SMILES string of the molecule is CCCNC1CCC(N2CCCS2(=O)=O)CC1. The molecule has 1 aliphatic carbocycles. The van der Waals surface area contributed by atoms with Crippen molar-refractivity contribution in [2.24, 2.45) is 0 Å². The minimum absolute atomic E-state index is 0.280. The van der Waals surface area contributed by atoms with Gasteiger partial charge >= 0.3 is 0 Å². The van der Waals surface area contributed by atoms with Crippen molar-refractivity contribution >= 4 is 10.0 Å². The monoisotopic (exact) mass is 260 g/mol. The Morgan fingerprint density at radius 3 is 2.47 bits per heavy atom. The van der Waals surface area contributed by atoms with Crippen molar-refractivity contribution in [3.63, 3.8) is 0 Å². The summed E-state index contributed by atoms with van der Waals surface area (Å²) in [5, 5.41) is 3.54. The molecule has 100 valence electrons. The van der Waals surface area contributed by atoms with E-state index < -0.39 is 10.0 Å². The van der Waals surface area contributed by atoms with Crippen LogP contribution in [0.25, 0.3) is 0 Å². The second-order valence-electron chi connectivity index (χ2n) is 5.24. The van der Waals surface area contributed by atoms with Gasteiger partial charge in [-0.1, -0.05) is 6.92 Å². The van der Waals surface area contributed by atoms with Crippen molar-refractivity contribution < 1.29 is 8.42 Å². The minimum atomic E-state index is -2.91. The molecule has 1 saturated heterocycles. The molecule has 17 heavy (non-hydrogen) atoms. The predicted octanol–water partition coefficient (Wildman–Crippen LogP) is 1.33. The summed E-state index contributed by atoms with van der Waals surface area (Å²) in [6.07, 6.45) is 6.28. The van der Waals surface area contributed by atoms with Crippen molar-refractivity contribution in [1.29, 1.82) is 0 Å². The quantitative estimate of drug-likeness (QED) is 0.829. The van der Waals surface area contributed by atoms with E-state index in [2.05, 4.69) is 12.2 Å². The molecular weight excluding hydrogens is 236 g/mol. The summed E-state index contributed by atoms with van der Waals surface area (Å²) in [6.45, 7) is 4.01. The van der Waals surface area contributed by atoms with Crippen LogP contribution in [-0.4, -0.2) is 43.6 Å². The van der Waals surface area contributed by atoms with Gasteiger partial charge in [-0.2, -0.15) is 4.31 Å². The fourth-order valence-corrected chi connectivity index (χ4v) is 4.79. The zero-order valence-electron chi connectivity index (χ0n) is 10.7. The van der Waals surface area contributed by atoms with Crippen molar-refractivity contribution in [3.8, 4) is 0 Å². The lowest BCUT2D eigenvalue weighted by Crippen LogP contribution is -2.43. The number of hydrogen-bond donors (Lipinski definition) is 1. The van der Waals surface area contributed by atoms with E-state index in [-0.39, 0.29) is 6.04 Å². The number of nitrogens with one attached hydrogen (secondary N) is 1. The molecule has 0 unspecified atom stereocenters. The van der Waals surface area contributed by atoms with E-state index in [0.717, 1.165) is 45.2 Å². The van der Waals surface area contributed by atoms with E-state index in [1.54, 1.807) is 4.31 Å². The molecule has 0 spiro atoms. The molecule has 1 aliphatic heterocycles. The van der Waals surface area contributed by atoms with E-state index >= 15 is 0 Å². The molecule has 5 heteroatoms. The van der Waals surface area contributed by atoms with Crippen LogP contribution in [0.4, 0.5) is 0 Å². The first-order valence-corrected chi connectivity index (χ1v) is 8.47. The van der Waals surface area contributed by atoms with Crippen LogP contribution in [0.1, 0.15) is 45.4 Å². The van der Waals surface area contributed by atoms with Crippen molar-refractivity contribution in [3.05, 3.63) is 0 Å². The lowest BCUT2D eigenvalue weighted by molar-refractivity contribution is 0.236. The summed E-state index contributed by atoms with van der Waals surface area (Å²) in [5.74, 6) is 0.362. The number of sulfonamides is 1. The normalized spacial score (nSPS) is 33.9. The maximum absolute atomic E-state index is 11.8. The summed E-state index contributed by atoms with van der Waals surface area (Å²) in [6, 6.07) is 0.888. The fraction of sp³-hybridized carbons (Fsp3) is 1.00. The first-order valence-electron chi connectivity index (χ1n) is 6.86. The van der Waals surface area contributed by atoms with Gasteiger partial charge in [-0.05, 0) is 45.1 Å². The van der Waals surface area contributed by atoms with Gasteiger partial charge in [-0.25, -0.2) is 8.42 Å². The van der Waals surface area contributed by atoms with Crippen LogP contribution in [0.15, 0.2) is 0 Å². The Morgan fingerprint density at radius 2 is 1.94 bits per heavy atom. The molecule has 1 N–H and O–H groups in total. The average molecular weight is 260 g/mol. The summed E-state index contributed by atoms with van der Waals surface area (Å²) in [7, 11) is -2.91. The zero-order valence-corrected chi connectivity index (χ0v) is 11.5. The Labute approximate surface area is 105 Å². The molecule has 0 aromatic rings. The maximum Gasteiger partial charge on any atom is 0.214 e. The highest BCUT2D eigenvalue weighted by molar-refractivity contribution is 7.89. The molecule has 1 saturated carbocycles. The largest absolute Gasteiger partial charge is 0.314 e. The Bertz CT molecular complexity index is 334. The van der Waals surface area contributed by atoms with E-state index in [0.29, 0.717) is 11.8 Å². The molecule has 0 aromatic carbocycles. The van der Waals surface area contributed by atoms with E-state index in [9.17, 15) is 8.42 Å². The van der Waals surface area contributed by atoms with E-state index in [1.807, 2.05) is 0 Å². The Balaban J connectivity index is 1.83. The van der Waals surface area contributed by atoms with Crippen molar-refractivity contribution in [2.45, 2.75) is 57.5 Å². The Kier molecular flexibility index (Phi) is 4.44. The summed E-state index contributed by atoms with van der Waals surface area (Å²) < 4.78 is 25.4. The molecule has 0 radical (unpaired) electrons. The van der Waals surface area contributed by atoms with Gasteiger partial charge in [0.1, 0.15) is 0 Å². The third-order valence-corrected chi connectivity index (χ3v) is 5.92. The number of rotatable bonds is 4. The highest BCUT2D eigenvalue weighted by Crippen LogP contribution is 2.28. The van der Waals surface area contributed by atoms with Crippen molar-refractivity contribution in [2.75, 3.05) is 18.8 Å². The van der Waals surface area contributed by atoms with Gasteiger partial charge in [0, 0.05) is 18.6 Å². The molecule has 0 bridgehead atoms. The van der Waals surface area contributed by atoms with Crippen LogP contribution in [-0.2, 0) is 10.0 Å². The van der Waals surface area contributed by atoms with Crippen LogP contribution in [0, 0.1) is 0 Å². The summed E-state index contributed by atoms with van der Waals surface area (Å²) >= 11 is 0. The highest BCUT2D eigenvalue weighted by Gasteiger charge is 2.36. The molecular formula is C12H24N2O2S. The standard InChI is InChI=1S/C12H24N2O2S/c1-2-8-13-11-4-6-12(7-5-11)14-9-3-10-17(14,15)16/h11-13H,2-10H2,1H3. The van der Waals surface area contributed by atoms with Gasteiger partial charge in [0.2, 0.25) is 10.0 Å². The smallest absolute Gasteiger partial charge is 0.214 e. The zero-order chi connectivity index (χ0) is 12.3. The highest BCUT2D eigenvalue weighted by atomic mass is 32.2. The fourth-order valence-electron chi connectivity index (χ4n) is 2.99. The van der Waals surface area contributed by atoms with E-state index in [1.165, 1.54) is 6.42 Å². The first-order chi connectivity index (χ1) is 8.13. The molecule has 0 aromatic heterocycles. The average Bonchev–Trinajstić information content (AvgIpc) is 2.67. The minimum Gasteiger partial charge on any atom is -0.314 e. The summed E-state index contributed by atoms with van der Waals surface area (Å²) in [4.78, 5) is 0. The Hall–Kier alpha value is -0.130. The topological polar surface area (TPSA) is 49.4 Å². The molecule has 2 aliphatic rings. The molecule has 1 heterocycles. The molecule has 0 atom stereocenters. The van der Waals surface area contributed by atoms with Gasteiger partial charge < -0.3 is 5.32 Å². The molecule has 2 fully saturated rings. The number of nitrogens with zero attached hydrogens (tertiary/aromatic N) is 1. The van der Waals surface area contributed by atoms with Crippen LogP contribution in [0.2, 0.25) is 0 Å². The molecule has 2 rings (SSSR count). The van der Waals surface area contributed by atoms with Crippen LogP contribution in [0.5, 0.6) is 0 Å².